The first-order valence-electron chi connectivity index (χ1n) is 9.11. The van der Waals surface area contributed by atoms with E-state index in [9.17, 15) is 30.7 Å². The van der Waals surface area contributed by atoms with E-state index in [1.165, 1.54) is 24.3 Å². The molecule has 3 aromatic rings. The van der Waals surface area contributed by atoms with Crippen LogP contribution in [0.3, 0.4) is 0 Å². The van der Waals surface area contributed by atoms with Crippen LogP contribution in [0.2, 0.25) is 0 Å². The van der Waals surface area contributed by atoms with E-state index in [0.29, 0.717) is 23.8 Å². The van der Waals surface area contributed by atoms with Gasteiger partial charge in [-0.2, -0.15) is 0 Å². The first kappa shape index (κ1) is 22.3. The van der Waals surface area contributed by atoms with Gasteiger partial charge in [-0.25, -0.2) is 30.7 Å². The summed E-state index contributed by atoms with van der Waals surface area (Å²) in [4.78, 5) is 0. The predicted molar refractivity (Wildman–Crippen MR) is 105 cm³/mol. The molecule has 31 heavy (non-hydrogen) atoms. The molecule has 0 saturated carbocycles. The van der Waals surface area contributed by atoms with Gasteiger partial charge in [0.2, 0.25) is 0 Å². The van der Waals surface area contributed by atoms with Gasteiger partial charge in [0.1, 0.15) is 11.6 Å². The highest BCUT2D eigenvalue weighted by atomic mass is 19.2. The number of aryl methyl sites for hydroxylation is 2. The maximum atomic E-state index is 14.5. The van der Waals surface area contributed by atoms with Crippen LogP contribution in [0, 0.1) is 29.1 Å². The Morgan fingerprint density at radius 2 is 1.42 bits per heavy atom. The van der Waals surface area contributed by atoms with Gasteiger partial charge in [0.25, 0.3) is 0 Å². The average Bonchev–Trinajstić information content (AvgIpc) is 2.75. The first-order valence-corrected chi connectivity index (χ1v) is 9.11. The first-order chi connectivity index (χ1) is 14.7. The van der Waals surface area contributed by atoms with E-state index in [2.05, 4.69) is 6.58 Å². The highest BCUT2D eigenvalue weighted by Gasteiger charge is 2.15. The van der Waals surface area contributed by atoms with Gasteiger partial charge in [-0.15, -0.1) is 0 Å². The summed E-state index contributed by atoms with van der Waals surface area (Å²) in [6.07, 6.45) is 1.02. The van der Waals surface area contributed by atoms with Gasteiger partial charge in [0.05, 0.1) is 0 Å². The maximum Gasteiger partial charge on any atom is 0.194 e. The SMILES string of the molecule is C=C/C(F)=C(\F)c1ccc(CCc2ccc(-c3cc(F)c(F)c(F)c3)c(F)c2)c(F)c1. The summed E-state index contributed by atoms with van der Waals surface area (Å²) in [6.45, 7) is 3.10. The number of rotatable bonds is 6. The molecule has 3 aromatic carbocycles. The minimum Gasteiger partial charge on any atom is -0.207 e. The van der Waals surface area contributed by atoms with Gasteiger partial charge in [0, 0.05) is 11.1 Å². The molecule has 7 heteroatoms. The topological polar surface area (TPSA) is 0 Å². The fourth-order valence-corrected chi connectivity index (χ4v) is 3.05. The fraction of sp³-hybridized carbons (Fsp3) is 0.0833. The van der Waals surface area contributed by atoms with Crippen molar-refractivity contribution in [2.45, 2.75) is 12.8 Å². The normalized spacial score (nSPS) is 12.0. The Bertz CT molecular complexity index is 1160. The molecule has 0 aliphatic carbocycles. The van der Waals surface area contributed by atoms with E-state index < -0.39 is 40.7 Å². The molecule has 0 atom stereocenters. The Labute approximate surface area is 174 Å². The molecule has 0 amide bonds. The van der Waals surface area contributed by atoms with Gasteiger partial charge in [0.15, 0.2) is 29.1 Å². The van der Waals surface area contributed by atoms with Crippen LogP contribution < -0.4 is 0 Å². The summed E-state index contributed by atoms with van der Waals surface area (Å²) in [5.41, 5.74) is 0.125. The molecule has 0 saturated heterocycles. The highest BCUT2D eigenvalue weighted by molar-refractivity contribution is 5.65. The summed E-state index contributed by atoms with van der Waals surface area (Å²) < 4.78 is 95.6. The quantitative estimate of drug-likeness (QED) is 0.212. The van der Waals surface area contributed by atoms with Crippen LogP contribution in [-0.2, 0) is 12.8 Å². The summed E-state index contributed by atoms with van der Waals surface area (Å²) in [6, 6.07) is 8.66. The lowest BCUT2D eigenvalue weighted by Crippen LogP contribution is -1.98. The van der Waals surface area contributed by atoms with E-state index in [1.807, 2.05) is 0 Å². The largest absolute Gasteiger partial charge is 0.207 e. The van der Waals surface area contributed by atoms with Crippen LogP contribution in [-0.4, -0.2) is 0 Å². The number of allylic oxidation sites excluding steroid dienone is 2. The molecule has 0 fully saturated rings. The third-order valence-corrected chi connectivity index (χ3v) is 4.71. The molecule has 0 aliphatic heterocycles. The maximum absolute atomic E-state index is 14.5. The van der Waals surface area contributed by atoms with Gasteiger partial charge in [-0.3, -0.25) is 0 Å². The van der Waals surface area contributed by atoms with Crippen LogP contribution in [0.1, 0.15) is 16.7 Å². The standard InChI is InChI=1S/C24H15F7/c1-2-18(25)23(30)15-7-6-14(19(26)10-15)5-3-13-4-8-17(20(27)9-13)16-11-21(28)24(31)22(29)12-16/h2,4,6-12H,1,3,5H2/b23-18+. The molecule has 0 spiro atoms. The predicted octanol–water partition coefficient (Wildman–Crippen LogP) is 7.63. The number of hydrogen-bond acceptors (Lipinski definition) is 0. The van der Waals surface area contributed by atoms with Crippen molar-refractivity contribution in [2.24, 2.45) is 0 Å². The van der Waals surface area contributed by atoms with Crippen molar-refractivity contribution in [2.75, 3.05) is 0 Å². The molecule has 3 rings (SSSR count). The minimum absolute atomic E-state index is 0.122. The minimum atomic E-state index is -1.64. The van der Waals surface area contributed by atoms with Crippen molar-refractivity contribution in [1.82, 2.24) is 0 Å². The molecule has 0 unspecified atom stereocenters. The summed E-state index contributed by atoms with van der Waals surface area (Å²) in [5, 5.41) is 0. The zero-order chi connectivity index (χ0) is 22.7. The number of hydrogen-bond donors (Lipinski definition) is 0. The monoisotopic (exact) mass is 436 g/mol. The Balaban J connectivity index is 1.78. The fourth-order valence-electron chi connectivity index (χ4n) is 3.05. The second-order valence-electron chi connectivity index (χ2n) is 6.74. The molecule has 0 aliphatic rings. The molecule has 0 N–H and O–H groups in total. The Morgan fingerprint density at radius 3 is 2.00 bits per heavy atom. The zero-order valence-electron chi connectivity index (χ0n) is 16.0. The molecule has 0 nitrogen and oxygen atoms in total. The molecule has 0 radical (unpaired) electrons. The Hall–Kier alpha value is -3.35. The second kappa shape index (κ2) is 9.20. The van der Waals surface area contributed by atoms with Crippen LogP contribution >= 0.6 is 0 Å². The third-order valence-electron chi connectivity index (χ3n) is 4.71. The van der Waals surface area contributed by atoms with Crippen molar-refractivity contribution in [3.05, 3.63) is 113 Å². The van der Waals surface area contributed by atoms with Crippen molar-refractivity contribution in [3.8, 4) is 11.1 Å². The summed E-state index contributed by atoms with van der Waals surface area (Å²) in [7, 11) is 0. The lowest BCUT2D eigenvalue weighted by atomic mass is 9.98. The van der Waals surface area contributed by atoms with E-state index >= 15 is 0 Å². The van der Waals surface area contributed by atoms with Crippen molar-refractivity contribution >= 4 is 5.83 Å². The van der Waals surface area contributed by atoms with E-state index in [0.717, 1.165) is 12.1 Å². The van der Waals surface area contributed by atoms with Crippen molar-refractivity contribution in [1.29, 1.82) is 0 Å². The van der Waals surface area contributed by atoms with Crippen LogP contribution in [0.15, 0.2) is 67.0 Å². The van der Waals surface area contributed by atoms with Crippen molar-refractivity contribution in [3.63, 3.8) is 0 Å². The Kier molecular flexibility index (Phi) is 6.63. The van der Waals surface area contributed by atoms with E-state index in [-0.39, 0.29) is 35.1 Å². The smallest absolute Gasteiger partial charge is 0.194 e. The van der Waals surface area contributed by atoms with Gasteiger partial charge in [-0.05, 0) is 59.9 Å². The average molecular weight is 436 g/mol. The molecular formula is C24H15F7. The van der Waals surface area contributed by atoms with Gasteiger partial charge in [-0.1, -0.05) is 30.8 Å². The summed E-state index contributed by atoms with van der Waals surface area (Å²) in [5.74, 6) is -8.48. The molecule has 0 bridgehead atoms. The van der Waals surface area contributed by atoms with Gasteiger partial charge < -0.3 is 0 Å². The zero-order valence-corrected chi connectivity index (χ0v) is 16.0. The highest BCUT2D eigenvalue weighted by Crippen LogP contribution is 2.28. The molecule has 0 heterocycles. The van der Waals surface area contributed by atoms with Crippen LogP contribution in [0.4, 0.5) is 30.7 Å². The molecular weight excluding hydrogens is 421 g/mol. The van der Waals surface area contributed by atoms with E-state index in [1.54, 1.807) is 0 Å². The number of benzene rings is 3. The molecule has 0 aromatic heterocycles. The van der Waals surface area contributed by atoms with Gasteiger partial charge >= 0.3 is 0 Å². The van der Waals surface area contributed by atoms with Crippen molar-refractivity contribution < 1.29 is 30.7 Å². The second-order valence-corrected chi connectivity index (χ2v) is 6.74. The van der Waals surface area contributed by atoms with Crippen LogP contribution in [0.5, 0.6) is 0 Å². The lowest BCUT2D eigenvalue weighted by molar-refractivity contribution is 0.447. The van der Waals surface area contributed by atoms with Crippen LogP contribution in [0.25, 0.3) is 17.0 Å². The van der Waals surface area contributed by atoms with E-state index in [4.69, 9.17) is 0 Å². The third kappa shape index (κ3) is 4.87. The molecule has 160 valence electrons. The lowest BCUT2D eigenvalue weighted by Gasteiger charge is -2.09. The summed E-state index contributed by atoms with van der Waals surface area (Å²) >= 11 is 0. The number of halogens is 7. The Morgan fingerprint density at radius 1 is 0.742 bits per heavy atom.